The maximum atomic E-state index is 4.34. The Balaban J connectivity index is 2.52. The van der Waals surface area contributed by atoms with Crippen molar-refractivity contribution < 1.29 is 0 Å². The molecule has 3 heteroatoms. The van der Waals surface area contributed by atoms with Crippen molar-refractivity contribution in [3.8, 4) is 0 Å². The first-order valence-electron chi connectivity index (χ1n) is 6.06. The quantitative estimate of drug-likeness (QED) is 0.697. The molecule has 1 heterocycles. The minimum Gasteiger partial charge on any atom is -0.356 e. The average molecular weight is 209 g/mol. The highest BCUT2D eigenvalue weighted by atomic mass is 15.2. The van der Waals surface area contributed by atoms with Crippen molar-refractivity contribution in [3.63, 3.8) is 0 Å². The molecular weight excluding hydrogens is 186 g/mol. The molecule has 0 amide bonds. The third-order valence-electron chi connectivity index (χ3n) is 2.66. The number of hydrogen-bond donors (Lipinski definition) is 1. The lowest BCUT2D eigenvalue weighted by Crippen LogP contribution is -2.11. The van der Waals surface area contributed by atoms with Gasteiger partial charge in [-0.05, 0) is 19.8 Å². The van der Waals surface area contributed by atoms with E-state index in [0.29, 0.717) is 6.04 Å². The number of unbranched alkanes of at least 4 members (excludes halogenated alkanes) is 1. The normalized spacial score (nSPS) is 12.7. The van der Waals surface area contributed by atoms with E-state index in [0.717, 1.165) is 12.5 Å². The van der Waals surface area contributed by atoms with Gasteiger partial charge >= 0.3 is 0 Å². The van der Waals surface area contributed by atoms with Crippen LogP contribution in [-0.4, -0.2) is 16.1 Å². The van der Waals surface area contributed by atoms with Crippen LogP contribution in [0.25, 0.3) is 0 Å². The Hall–Kier alpha value is -0.990. The molecule has 0 aliphatic heterocycles. The van der Waals surface area contributed by atoms with Gasteiger partial charge in [-0.15, -0.1) is 0 Å². The summed E-state index contributed by atoms with van der Waals surface area (Å²) >= 11 is 0. The summed E-state index contributed by atoms with van der Waals surface area (Å²) in [6.07, 6.45) is 8.79. The smallest absolute Gasteiger partial charge is 0.203 e. The third kappa shape index (κ3) is 3.57. The molecule has 0 aliphatic carbocycles. The standard InChI is InChI=1S/C12H23N3/c1-4-6-8-13-12-14-9-10-15(12)11(3)7-5-2/h9-11H,4-8H2,1-3H3,(H,13,14). The van der Waals surface area contributed by atoms with E-state index >= 15 is 0 Å². The van der Waals surface area contributed by atoms with Gasteiger partial charge in [0.25, 0.3) is 0 Å². The predicted molar refractivity (Wildman–Crippen MR) is 65.2 cm³/mol. The van der Waals surface area contributed by atoms with Crippen molar-refractivity contribution in [2.24, 2.45) is 0 Å². The molecular formula is C12H23N3. The molecule has 1 unspecified atom stereocenters. The summed E-state index contributed by atoms with van der Waals surface area (Å²) in [6.45, 7) is 7.69. The largest absolute Gasteiger partial charge is 0.356 e. The summed E-state index contributed by atoms with van der Waals surface area (Å²) in [4.78, 5) is 4.34. The fraction of sp³-hybridized carbons (Fsp3) is 0.750. The number of nitrogens with zero attached hydrogens (tertiary/aromatic N) is 2. The fourth-order valence-electron chi connectivity index (χ4n) is 1.74. The molecule has 15 heavy (non-hydrogen) atoms. The molecule has 1 rings (SSSR count). The highest BCUT2D eigenvalue weighted by molar-refractivity contribution is 5.26. The zero-order valence-electron chi connectivity index (χ0n) is 10.2. The third-order valence-corrected chi connectivity index (χ3v) is 2.66. The highest BCUT2D eigenvalue weighted by Gasteiger charge is 2.07. The summed E-state index contributed by atoms with van der Waals surface area (Å²) < 4.78 is 2.24. The van der Waals surface area contributed by atoms with Gasteiger partial charge < -0.3 is 9.88 Å². The second-order valence-electron chi connectivity index (χ2n) is 4.08. The van der Waals surface area contributed by atoms with E-state index in [9.17, 15) is 0 Å². The lowest BCUT2D eigenvalue weighted by atomic mass is 10.2. The Morgan fingerprint density at radius 1 is 1.40 bits per heavy atom. The van der Waals surface area contributed by atoms with Gasteiger partial charge in [-0.3, -0.25) is 0 Å². The first-order valence-corrected chi connectivity index (χ1v) is 6.06. The minimum atomic E-state index is 0.543. The summed E-state index contributed by atoms with van der Waals surface area (Å²) in [7, 11) is 0. The zero-order valence-corrected chi connectivity index (χ0v) is 10.2. The molecule has 1 aromatic heterocycles. The molecule has 0 bridgehead atoms. The monoisotopic (exact) mass is 209 g/mol. The number of rotatable bonds is 7. The van der Waals surface area contributed by atoms with Gasteiger partial charge in [0, 0.05) is 25.0 Å². The molecule has 0 aromatic carbocycles. The van der Waals surface area contributed by atoms with Crippen LogP contribution < -0.4 is 5.32 Å². The van der Waals surface area contributed by atoms with Crippen LogP contribution in [0.5, 0.6) is 0 Å². The van der Waals surface area contributed by atoms with E-state index in [4.69, 9.17) is 0 Å². The molecule has 0 aliphatic rings. The van der Waals surface area contributed by atoms with Gasteiger partial charge in [0.2, 0.25) is 5.95 Å². The van der Waals surface area contributed by atoms with Crippen molar-refractivity contribution in [2.75, 3.05) is 11.9 Å². The molecule has 1 atom stereocenters. The van der Waals surface area contributed by atoms with E-state index in [1.165, 1.54) is 25.7 Å². The predicted octanol–water partition coefficient (Wildman–Crippen LogP) is 3.46. The Morgan fingerprint density at radius 3 is 2.87 bits per heavy atom. The minimum absolute atomic E-state index is 0.543. The lowest BCUT2D eigenvalue weighted by Gasteiger charge is -2.16. The van der Waals surface area contributed by atoms with Crippen LogP contribution in [0.1, 0.15) is 52.5 Å². The van der Waals surface area contributed by atoms with Crippen LogP contribution in [0.3, 0.4) is 0 Å². The maximum absolute atomic E-state index is 4.34. The van der Waals surface area contributed by atoms with Gasteiger partial charge in [-0.1, -0.05) is 26.7 Å². The average Bonchev–Trinajstić information content (AvgIpc) is 2.67. The number of imidazole rings is 1. The van der Waals surface area contributed by atoms with Gasteiger partial charge in [0.1, 0.15) is 0 Å². The molecule has 0 saturated carbocycles. The Bertz CT molecular complexity index is 268. The molecule has 3 nitrogen and oxygen atoms in total. The topological polar surface area (TPSA) is 29.9 Å². The van der Waals surface area contributed by atoms with Crippen molar-refractivity contribution in [3.05, 3.63) is 12.4 Å². The molecule has 0 radical (unpaired) electrons. The van der Waals surface area contributed by atoms with Crippen LogP contribution >= 0.6 is 0 Å². The summed E-state index contributed by atoms with van der Waals surface area (Å²) in [5.41, 5.74) is 0. The number of hydrogen-bond acceptors (Lipinski definition) is 2. The van der Waals surface area contributed by atoms with Crippen molar-refractivity contribution in [2.45, 2.75) is 52.5 Å². The maximum Gasteiger partial charge on any atom is 0.203 e. The molecule has 1 N–H and O–H groups in total. The number of aromatic nitrogens is 2. The van der Waals surface area contributed by atoms with Crippen molar-refractivity contribution in [1.29, 1.82) is 0 Å². The fourth-order valence-corrected chi connectivity index (χ4v) is 1.74. The second-order valence-corrected chi connectivity index (χ2v) is 4.08. The molecule has 1 aromatic rings. The van der Waals surface area contributed by atoms with Gasteiger partial charge in [-0.2, -0.15) is 0 Å². The highest BCUT2D eigenvalue weighted by Crippen LogP contribution is 2.17. The van der Waals surface area contributed by atoms with E-state index < -0.39 is 0 Å². The molecule has 0 saturated heterocycles. The van der Waals surface area contributed by atoms with Gasteiger partial charge in [0.15, 0.2) is 0 Å². The summed E-state index contributed by atoms with van der Waals surface area (Å²) in [5.74, 6) is 1.02. The van der Waals surface area contributed by atoms with Crippen LogP contribution in [0.4, 0.5) is 5.95 Å². The lowest BCUT2D eigenvalue weighted by molar-refractivity contribution is 0.504. The number of nitrogens with one attached hydrogen (secondary N) is 1. The first-order chi connectivity index (χ1) is 7.29. The van der Waals surface area contributed by atoms with Crippen molar-refractivity contribution in [1.82, 2.24) is 9.55 Å². The summed E-state index contributed by atoms with van der Waals surface area (Å²) in [6, 6.07) is 0.543. The van der Waals surface area contributed by atoms with Crippen LogP contribution in [0.2, 0.25) is 0 Å². The van der Waals surface area contributed by atoms with Crippen LogP contribution in [0, 0.1) is 0 Å². The Kier molecular flexibility index (Phi) is 5.22. The molecule has 0 fully saturated rings. The van der Waals surface area contributed by atoms with Gasteiger partial charge in [0.05, 0.1) is 0 Å². The van der Waals surface area contributed by atoms with Crippen LogP contribution in [-0.2, 0) is 0 Å². The second kappa shape index (κ2) is 6.49. The van der Waals surface area contributed by atoms with E-state index in [1.54, 1.807) is 0 Å². The van der Waals surface area contributed by atoms with E-state index in [-0.39, 0.29) is 0 Å². The SMILES string of the molecule is CCCCNc1nccn1C(C)CCC. The van der Waals surface area contributed by atoms with Crippen LogP contribution in [0.15, 0.2) is 12.4 Å². The summed E-state index contributed by atoms with van der Waals surface area (Å²) in [5, 5.41) is 3.39. The Morgan fingerprint density at radius 2 is 2.20 bits per heavy atom. The molecule has 86 valence electrons. The van der Waals surface area contributed by atoms with Gasteiger partial charge in [-0.25, -0.2) is 4.98 Å². The molecule has 0 spiro atoms. The van der Waals surface area contributed by atoms with E-state index in [2.05, 4.69) is 41.8 Å². The number of anilines is 1. The van der Waals surface area contributed by atoms with E-state index in [1.807, 2.05) is 6.20 Å². The Labute approximate surface area is 92.9 Å². The van der Waals surface area contributed by atoms with Crippen molar-refractivity contribution >= 4 is 5.95 Å². The zero-order chi connectivity index (χ0) is 11.1. The first kappa shape index (κ1) is 12.1.